The largest absolute Gasteiger partial charge is 0.497 e. The van der Waals surface area contributed by atoms with Crippen LogP contribution in [0.2, 0.25) is 0 Å². The maximum Gasteiger partial charge on any atom is 0.258 e. The molecule has 1 unspecified atom stereocenters. The molecule has 0 fully saturated rings. The van der Waals surface area contributed by atoms with E-state index in [1.165, 1.54) is 0 Å². The lowest BCUT2D eigenvalue weighted by Crippen LogP contribution is -2.31. The van der Waals surface area contributed by atoms with Gasteiger partial charge in [0.15, 0.2) is 6.61 Å². The van der Waals surface area contributed by atoms with E-state index in [4.69, 9.17) is 14.2 Å². The van der Waals surface area contributed by atoms with Crippen molar-refractivity contribution < 1.29 is 19.0 Å². The number of methoxy groups -OCH3 is 2. The molecule has 0 aliphatic carbocycles. The first-order valence-electron chi connectivity index (χ1n) is 7.74. The average molecular weight is 329 g/mol. The van der Waals surface area contributed by atoms with Crippen molar-refractivity contribution in [3.05, 3.63) is 53.6 Å². The van der Waals surface area contributed by atoms with Crippen LogP contribution in [0.25, 0.3) is 0 Å². The van der Waals surface area contributed by atoms with E-state index in [0.717, 1.165) is 11.1 Å². The Hall–Kier alpha value is -2.69. The number of aryl methyl sites for hydroxylation is 1. The van der Waals surface area contributed by atoms with Crippen LogP contribution in [-0.4, -0.2) is 26.7 Å². The summed E-state index contributed by atoms with van der Waals surface area (Å²) in [5.41, 5.74) is 1.96. The monoisotopic (exact) mass is 329 g/mol. The quantitative estimate of drug-likeness (QED) is 0.847. The molecule has 128 valence electrons. The van der Waals surface area contributed by atoms with Gasteiger partial charge in [0.05, 0.1) is 20.3 Å². The van der Waals surface area contributed by atoms with Crippen LogP contribution in [0.1, 0.15) is 24.1 Å². The Balaban J connectivity index is 1.96. The van der Waals surface area contributed by atoms with Crippen LogP contribution in [-0.2, 0) is 4.79 Å². The van der Waals surface area contributed by atoms with E-state index < -0.39 is 0 Å². The van der Waals surface area contributed by atoms with Crippen LogP contribution in [0.15, 0.2) is 42.5 Å². The first-order valence-corrected chi connectivity index (χ1v) is 7.74. The molecule has 0 aliphatic heterocycles. The highest BCUT2D eigenvalue weighted by molar-refractivity contribution is 5.78. The zero-order valence-electron chi connectivity index (χ0n) is 14.5. The number of carbonyl (C=O) groups excluding carboxylic acids is 1. The van der Waals surface area contributed by atoms with Crippen LogP contribution in [0.3, 0.4) is 0 Å². The third-order valence-corrected chi connectivity index (χ3v) is 3.64. The molecule has 5 nitrogen and oxygen atoms in total. The van der Waals surface area contributed by atoms with Gasteiger partial charge in [-0.05, 0) is 43.7 Å². The number of amides is 1. The summed E-state index contributed by atoms with van der Waals surface area (Å²) in [6.45, 7) is 3.84. The second-order valence-corrected chi connectivity index (χ2v) is 5.50. The maximum atomic E-state index is 12.1. The van der Waals surface area contributed by atoms with Gasteiger partial charge in [-0.25, -0.2) is 0 Å². The molecular weight excluding hydrogens is 306 g/mol. The van der Waals surface area contributed by atoms with Crippen molar-refractivity contribution >= 4 is 5.91 Å². The van der Waals surface area contributed by atoms with Gasteiger partial charge in [-0.2, -0.15) is 0 Å². The minimum atomic E-state index is -0.209. The van der Waals surface area contributed by atoms with E-state index in [1.54, 1.807) is 20.3 Å². The number of ether oxygens (including phenoxy) is 3. The molecular formula is C19H23NO4. The van der Waals surface area contributed by atoms with Gasteiger partial charge in [-0.15, -0.1) is 0 Å². The van der Waals surface area contributed by atoms with Crippen molar-refractivity contribution in [2.75, 3.05) is 20.8 Å². The molecule has 1 amide bonds. The molecule has 0 saturated heterocycles. The molecule has 0 saturated carbocycles. The Kier molecular flexibility index (Phi) is 6.07. The van der Waals surface area contributed by atoms with E-state index >= 15 is 0 Å². The third-order valence-electron chi connectivity index (χ3n) is 3.64. The summed E-state index contributed by atoms with van der Waals surface area (Å²) in [6.07, 6.45) is 0. The second kappa shape index (κ2) is 8.24. The van der Waals surface area contributed by atoms with E-state index in [9.17, 15) is 4.79 Å². The van der Waals surface area contributed by atoms with Gasteiger partial charge in [0, 0.05) is 11.6 Å². The fourth-order valence-electron chi connectivity index (χ4n) is 2.39. The van der Waals surface area contributed by atoms with E-state index in [-0.39, 0.29) is 18.6 Å². The molecule has 0 aromatic heterocycles. The molecule has 2 aromatic rings. The first kappa shape index (κ1) is 17.7. The van der Waals surface area contributed by atoms with Gasteiger partial charge in [0.25, 0.3) is 5.91 Å². The number of hydrogen-bond donors (Lipinski definition) is 1. The van der Waals surface area contributed by atoms with E-state index in [2.05, 4.69) is 5.32 Å². The van der Waals surface area contributed by atoms with Gasteiger partial charge in [-0.1, -0.05) is 12.1 Å². The standard InChI is InChI=1S/C19H23NO4/c1-13-6-5-7-16(10-13)24-12-19(21)20-14(2)17-9-8-15(22-3)11-18(17)23-4/h5-11,14H,12H2,1-4H3,(H,20,21). The number of hydrogen-bond acceptors (Lipinski definition) is 4. The smallest absolute Gasteiger partial charge is 0.258 e. The fourth-order valence-corrected chi connectivity index (χ4v) is 2.39. The lowest BCUT2D eigenvalue weighted by atomic mass is 10.1. The molecule has 0 radical (unpaired) electrons. The highest BCUT2D eigenvalue weighted by Crippen LogP contribution is 2.29. The van der Waals surface area contributed by atoms with Crippen molar-refractivity contribution in [2.45, 2.75) is 19.9 Å². The Morgan fingerprint density at radius 1 is 1.08 bits per heavy atom. The van der Waals surface area contributed by atoms with Crippen LogP contribution in [0, 0.1) is 6.92 Å². The van der Waals surface area contributed by atoms with Crippen molar-refractivity contribution in [1.29, 1.82) is 0 Å². The van der Waals surface area contributed by atoms with Crippen molar-refractivity contribution in [3.63, 3.8) is 0 Å². The summed E-state index contributed by atoms with van der Waals surface area (Å²) < 4.78 is 16.1. The summed E-state index contributed by atoms with van der Waals surface area (Å²) in [5, 5.41) is 2.91. The molecule has 2 rings (SSSR count). The maximum absolute atomic E-state index is 12.1. The molecule has 0 bridgehead atoms. The molecule has 1 N–H and O–H groups in total. The SMILES string of the molecule is COc1ccc(C(C)NC(=O)COc2cccc(C)c2)c(OC)c1. The van der Waals surface area contributed by atoms with Crippen LogP contribution >= 0.6 is 0 Å². The zero-order chi connectivity index (χ0) is 17.5. The number of nitrogens with one attached hydrogen (secondary N) is 1. The molecule has 2 aromatic carbocycles. The summed E-state index contributed by atoms with van der Waals surface area (Å²) >= 11 is 0. The zero-order valence-corrected chi connectivity index (χ0v) is 14.5. The van der Waals surface area contributed by atoms with Crippen molar-refractivity contribution in [1.82, 2.24) is 5.32 Å². The third kappa shape index (κ3) is 4.65. The summed E-state index contributed by atoms with van der Waals surface area (Å²) in [7, 11) is 3.19. The average Bonchev–Trinajstić information content (AvgIpc) is 2.59. The molecule has 5 heteroatoms. The van der Waals surface area contributed by atoms with Crippen molar-refractivity contribution in [3.8, 4) is 17.2 Å². The predicted octanol–water partition coefficient (Wildman–Crippen LogP) is 3.27. The topological polar surface area (TPSA) is 56.8 Å². The summed E-state index contributed by atoms with van der Waals surface area (Å²) in [5.74, 6) is 1.86. The Morgan fingerprint density at radius 3 is 2.54 bits per heavy atom. The summed E-state index contributed by atoms with van der Waals surface area (Å²) in [6, 6.07) is 12.9. The Bertz CT molecular complexity index is 700. The van der Waals surface area contributed by atoms with E-state index in [1.807, 2.05) is 50.2 Å². The number of carbonyl (C=O) groups is 1. The molecule has 0 aliphatic rings. The molecule has 0 spiro atoms. The van der Waals surface area contributed by atoms with Gasteiger partial charge < -0.3 is 19.5 Å². The second-order valence-electron chi connectivity index (χ2n) is 5.50. The van der Waals surface area contributed by atoms with Crippen LogP contribution in [0.4, 0.5) is 0 Å². The number of benzene rings is 2. The molecule has 24 heavy (non-hydrogen) atoms. The Labute approximate surface area is 142 Å². The lowest BCUT2D eigenvalue weighted by molar-refractivity contribution is -0.123. The van der Waals surface area contributed by atoms with Crippen LogP contribution < -0.4 is 19.5 Å². The lowest BCUT2D eigenvalue weighted by Gasteiger charge is -2.18. The van der Waals surface area contributed by atoms with Crippen molar-refractivity contribution in [2.24, 2.45) is 0 Å². The fraction of sp³-hybridized carbons (Fsp3) is 0.316. The van der Waals surface area contributed by atoms with E-state index in [0.29, 0.717) is 17.2 Å². The minimum Gasteiger partial charge on any atom is -0.497 e. The van der Waals surface area contributed by atoms with Gasteiger partial charge in [0.1, 0.15) is 17.2 Å². The highest BCUT2D eigenvalue weighted by atomic mass is 16.5. The normalized spacial score (nSPS) is 11.5. The van der Waals surface area contributed by atoms with Gasteiger partial charge >= 0.3 is 0 Å². The highest BCUT2D eigenvalue weighted by Gasteiger charge is 2.15. The number of rotatable bonds is 7. The Morgan fingerprint density at radius 2 is 1.88 bits per heavy atom. The molecule has 0 heterocycles. The minimum absolute atomic E-state index is 0.0355. The predicted molar refractivity (Wildman–Crippen MR) is 92.8 cm³/mol. The first-order chi connectivity index (χ1) is 11.5. The summed E-state index contributed by atoms with van der Waals surface area (Å²) in [4.78, 5) is 12.1. The van der Waals surface area contributed by atoms with Gasteiger partial charge in [0.2, 0.25) is 0 Å². The van der Waals surface area contributed by atoms with Crippen LogP contribution in [0.5, 0.6) is 17.2 Å². The van der Waals surface area contributed by atoms with Gasteiger partial charge in [-0.3, -0.25) is 4.79 Å². The molecule has 1 atom stereocenters.